The number of nitrogens with one attached hydrogen (secondary N) is 1. The number of nitrogens with zero attached hydrogens (tertiary/aromatic N) is 4. The van der Waals surface area contributed by atoms with Crippen molar-refractivity contribution < 1.29 is 4.79 Å². The predicted octanol–water partition coefficient (Wildman–Crippen LogP) is 5.16. The molecule has 0 fully saturated rings. The smallest absolute Gasteiger partial charge is 0.267 e. The Balaban J connectivity index is 1.58. The lowest BCUT2D eigenvalue weighted by Crippen LogP contribution is -2.10. The molecule has 0 aliphatic carbocycles. The number of amides is 1. The van der Waals surface area contributed by atoms with Crippen LogP contribution in [0.25, 0.3) is 10.2 Å². The Morgan fingerprint density at radius 3 is 2.86 bits per heavy atom. The van der Waals surface area contributed by atoms with Crippen LogP contribution in [0, 0.1) is 6.92 Å². The molecule has 0 saturated heterocycles. The van der Waals surface area contributed by atoms with Gasteiger partial charge in [-0.3, -0.25) is 14.8 Å². The van der Waals surface area contributed by atoms with Crippen LogP contribution in [0.5, 0.6) is 0 Å². The van der Waals surface area contributed by atoms with Gasteiger partial charge in [0.05, 0.1) is 17.1 Å². The summed E-state index contributed by atoms with van der Waals surface area (Å²) in [6, 6.07) is 9.59. The zero-order chi connectivity index (χ0) is 19.7. The number of fused-ring (bicyclic) bond motifs is 1. The number of thiophene rings is 1. The highest BCUT2D eigenvalue weighted by Crippen LogP contribution is 2.30. The van der Waals surface area contributed by atoms with Crippen LogP contribution in [-0.2, 0) is 13.0 Å². The monoisotopic (exact) mass is 431 g/mol. The van der Waals surface area contributed by atoms with Gasteiger partial charge in [0.15, 0.2) is 0 Å². The molecular weight excluding hydrogens is 414 g/mol. The summed E-state index contributed by atoms with van der Waals surface area (Å²) in [6.07, 6.45) is 1.87. The van der Waals surface area contributed by atoms with Gasteiger partial charge in [0.2, 0.25) is 5.13 Å². The first-order chi connectivity index (χ1) is 13.5. The molecule has 0 atom stereocenters. The quantitative estimate of drug-likeness (QED) is 0.457. The van der Waals surface area contributed by atoms with Gasteiger partial charge in [-0.2, -0.15) is 5.10 Å². The highest BCUT2D eigenvalue weighted by atomic mass is 35.5. The van der Waals surface area contributed by atoms with E-state index in [1.807, 2.05) is 41.9 Å². The average molecular weight is 432 g/mol. The fourth-order valence-electron chi connectivity index (χ4n) is 2.90. The van der Waals surface area contributed by atoms with Crippen LogP contribution in [0.2, 0.25) is 5.02 Å². The minimum Gasteiger partial charge on any atom is -0.296 e. The van der Waals surface area contributed by atoms with Gasteiger partial charge in [0.1, 0.15) is 9.84 Å². The minimum atomic E-state index is -0.177. The highest BCUT2D eigenvalue weighted by Gasteiger charge is 2.18. The van der Waals surface area contributed by atoms with Crippen molar-refractivity contribution in [2.24, 2.45) is 0 Å². The van der Waals surface area contributed by atoms with Crippen LogP contribution < -0.4 is 5.32 Å². The van der Waals surface area contributed by atoms with Gasteiger partial charge in [-0.25, -0.2) is 0 Å². The van der Waals surface area contributed by atoms with Crippen molar-refractivity contribution in [1.82, 2.24) is 20.0 Å². The standard InChI is InChI=1S/C19H18ClN5OS2/c1-3-6-16-22-23-19(28-16)21-17(26)15-9-13-11(2)24-25(18(13)27-15)10-12-7-4-5-8-14(12)20/h4-5,7-9H,3,6,10H2,1-2H3,(H,21,23,26). The van der Waals surface area contributed by atoms with Crippen LogP contribution in [-0.4, -0.2) is 25.9 Å². The lowest BCUT2D eigenvalue weighted by Gasteiger charge is -2.05. The van der Waals surface area contributed by atoms with Gasteiger partial charge in [-0.05, 0) is 31.0 Å². The zero-order valence-corrected chi connectivity index (χ0v) is 17.8. The van der Waals surface area contributed by atoms with E-state index in [1.165, 1.54) is 22.7 Å². The van der Waals surface area contributed by atoms with Gasteiger partial charge in [0.25, 0.3) is 5.91 Å². The van der Waals surface area contributed by atoms with Crippen molar-refractivity contribution in [3.63, 3.8) is 0 Å². The molecule has 144 valence electrons. The second-order valence-corrected chi connectivity index (χ2v) is 8.87. The predicted molar refractivity (Wildman–Crippen MR) is 115 cm³/mol. The summed E-state index contributed by atoms with van der Waals surface area (Å²) in [5.41, 5.74) is 1.88. The van der Waals surface area contributed by atoms with Crippen molar-refractivity contribution in [2.45, 2.75) is 33.2 Å². The fraction of sp³-hybridized carbons (Fsp3) is 0.263. The molecule has 4 aromatic rings. The molecule has 0 radical (unpaired) electrons. The minimum absolute atomic E-state index is 0.177. The Kier molecular flexibility index (Phi) is 5.43. The van der Waals surface area contributed by atoms with E-state index in [-0.39, 0.29) is 5.91 Å². The third kappa shape index (κ3) is 3.80. The zero-order valence-electron chi connectivity index (χ0n) is 15.4. The van der Waals surface area contributed by atoms with Crippen molar-refractivity contribution in [3.8, 4) is 0 Å². The number of carbonyl (C=O) groups excluding carboxylic acids is 1. The first-order valence-electron chi connectivity index (χ1n) is 8.89. The molecular formula is C19H18ClN5OS2. The Hall–Kier alpha value is -2.29. The molecule has 0 unspecified atom stereocenters. The van der Waals surface area contributed by atoms with Crippen molar-refractivity contribution in [2.75, 3.05) is 5.32 Å². The van der Waals surface area contributed by atoms with Crippen molar-refractivity contribution >= 4 is 55.5 Å². The summed E-state index contributed by atoms with van der Waals surface area (Å²) >= 11 is 9.12. The first-order valence-corrected chi connectivity index (χ1v) is 10.9. The van der Waals surface area contributed by atoms with Gasteiger partial charge in [-0.15, -0.1) is 21.5 Å². The molecule has 0 saturated carbocycles. The topological polar surface area (TPSA) is 72.7 Å². The fourth-order valence-corrected chi connectivity index (χ4v) is 4.99. The number of halogens is 1. The van der Waals surface area contributed by atoms with Crippen LogP contribution >= 0.6 is 34.3 Å². The highest BCUT2D eigenvalue weighted by molar-refractivity contribution is 7.20. The summed E-state index contributed by atoms with van der Waals surface area (Å²) < 4.78 is 1.90. The molecule has 0 aliphatic rings. The number of aryl methyl sites for hydroxylation is 2. The van der Waals surface area contributed by atoms with E-state index in [1.54, 1.807) is 0 Å². The maximum absolute atomic E-state index is 12.7. The van der Waals surface area contributed by atoms with Gasteiger partial charge in [-0.1, -0.05) is 48.1 Å². The third-order valence-electron chi connectivity index (χ3n) is 4.26. The third-order valence-corrected chi connectivity index (χ3v) is 6.67. The van der Waals surface area contributed by atoms with E-state index in [0.29, 0.717) is 21.6 Å². The van der Waals surface area contributed by atoms with Crippen LogP contribution in [0.4, 0.5) is 5.13 Å². The van der Waals surface area contributed by atoms with Crippen LogP contribution in [0.1, 0.15) is 39.3 Å². The molecule has 1 aromatic carbocycles. The number of carbonyl (C=O) groups is 1. The number of rotatable bonds is 6. The summed E-state index contributed by atoms with van der Waals surface area (Å²) in [4.78, 5) is 14.2. The van der Waals surface area contributed by atoms with Crippen molar-refractivity contribution in [1.29, 1.82) is 0 Å². The Morgan fingerprint density at radius 1 is 1.25 bits per heavy atom. The molecule has 28 heavy (non-hydrogen) atoms. The molecule has 4 rings (SSSR count). The molecule has 0 spiro atoms. The molecule has 1 N–H and O–H groups in total. The summed E-state index contributed by atoms with van der Waals surface area (Å²) in [7, 11) is 0. The number of hydrogen-bond acceptors (Lipinski definition) is 6. The normalized spacial score (nSPS) is 11.2. The second kappa shape index (κ2) is 7.98. The van der Waals surface area contributed by atoms with Crippen LogP contribution in [0.3, 0.4) is 0 Å². The Bertz CT molecular complexity index is 1150. The first kappa shape index (κ1) is 19.0. The number of aromatic nitrogens is 4. The summed E-state index contributed by atoms with van der Waals surface area (Å²) in [6.45, 7) is 4.59. The van der Waals surface area contributed by atoms with E-state index in [4.69, 9.17) is 11.6 Å². The van der Waals surface area contributed by atoms with Gasteiger partial charge in [0, 0.05) is 16.8 Å². The molecule has 9 heteroatoms. The number of benzene rings is 1. The molecule has 3 aromatic heterocycles. The van der Waals surface area contributed by atoms with Gasteiger partial charge < -0.3 is 0 Å². The van der Waals surface area contributed by atoms with E-state index >= 15 is 0 Å². The van der Waals surface area contributed by atoms with E-state index in [0.717, 1.165) is 39.3 Å². The number of anilines is 1. The van der Waals surface area contributed by atoms with E-state index in [9.17, 15) is 4.79 Å². The lowest BCUT2D eigenvalue weighted by molar-refractivity contribution is 0.103. The maximum Gasteiger partial charge on any atom is 0.267 e. The molecule has 1 amide bonds. The summed E-state index contributed by atoms with van der Waals surface area (Å²) in [5.74, 6) is -0.177. The molecule has 3 heterocycles. The maximum atomic E-state index is 12.7. The lowest BCUT2D eigenvalue weighted by atomic mass is 10.2. The molecule has 6 nitrogen and oxygen atoms in total. The van der Waals surface area contributed by atoms with E-state index in [2.05, 4.69) is 27.5 Å². The number of hydrogen-bond donors (Lipinski definition) is 1. The molecule has 0 aliphatic heterocycles. The SMILES string of the molecule is CCCc1nnc(NC(=O)c2cc3c(C)nn(Cc4ccccc4Cl)c3s2)s1. The van der Waals surface area contributed by atoms with Crippen LogP contribution in [0.15, 0.2) is 30.3 Å². The average Bonchev–Trinajstić information content (AvgIpc) is 3.36. The summed E-state index contributed by atoms with van der Waals surface area (Å²) in [5, 5.41) is 18.8. The largest absolute Gasteiger partial charge is 0.296 e. The van der Waals surface area contributed by atoms with E-state index < -0.39 is 0 Å². The van der Waals surface area contributed by atoms with Gasteiger partial charge >= 0.3 is 0 Å². The Labute approximate surface area is 175 Å². The molecule has 0 bridgehead atoms. The van der Waals surface area contributed by atoms with Crippen molar-refractivity contribution in [3.05, 3.63) is 56.5 Å². The second-order valence-electron chi connectivity index (χ2n) is 6.37. The Morgan fingerprint density at radius 2 is 2.07 bits per heavy atom.